The van der Waals surface area contributed by atoms with Crippen molar-refractivity contribution in [2.45, 2.75) is 19.4 Å². The summed E-state index contributed by atoms with van der Waals surface area (Å²) in [5.41, 5.74) is -0.559. The van der Waals surface area contributed by atoms with E-state index in [9.17, 15) is 4.79 Å². The molecule has 0 fully saturated rings. The predicted octanol–water partition coefficient (Wildman–Crippen LogP) is 0.274. The van der Waals surface area contributed by atoms with E-state index in [1.807, 2.05) is 38.9 Å². The first kappa shape index (κ1) is 13.4. The highest BCUT2D eigenvalue weighted by atomic mass is 16.1. The Balaban J connectivity index is 2.54. The standard InChI is InChI=1S/C11H19N5O/c1-11(2,10-12-8-13-15-10)14-9(17)6-5-7-16(3)4/h5-6,8H,7H2,1-4H3,(H,14,17)(H,12,13,15)/b6-5+. The molecule has 0 bridgehead atoms. The van der Waals surface area contributed by atoms with Crippen LogP contribution in [0, 0.1) is 0 Å². The zero-order chi connectivity index (χ0) is 12.9. The minimum Gasteiger partial charge on any atom is -0.340 e. The van der Waals surface area contributed by atoms with Crippen LogP contribution in [-0.2, 0) is 10.3 Å². The number of nitrogens with one attached hydrogen (secondary N) is 2. The molecule has 1 heterocycles. The van der Waals surface area contributed by atoms with E-state index < -0.39 is 5.54 Å². The second-order valence-corrected chi connectivity index (χ2v) is 4.61. The van der Waals surface area contributed by atoms with Gasteiger partial charge >= 0.3 is 0 Å². The Labute approximate surface area is 101 Å². The first-order valence-corrected chi connectivity index (χ1v) is 5.41. The number of amides is 1. The fourth-order valence-corrected chi connectivity index (χ4v) is 1.29. The van der Waals surface area contributed by atoms with Gasteiger partial charge in [-0.15, -0.1) is 0 Å². The van der Waals surface area contributed by atoms with Crippen molar-refractivity contribution in [3.05, 3.63) is 24.3 Å². The number of hydrogen-bond donors (Lipinski definition) is 2. The molecule has 0 aliphatic rings. The summed E-state index contributed by atoms with van der Waals surface area (Å²) in [5.74, 6) is 0.486. The van der Waals surface area contributed by atoms with E-state index in [1.165, 1.54) is 12.4 Å². The molecule has 0 radical (unpaired) electrons. The highest BCUT2D eigenvalue weighted by Gasteiger charge is 2.24. The van der Waals surface area contributed by atoms with Crippen molar-refractivity contribution in [1.29, 1.82) is 0 Å². The molecule has 94 valence electrons. The smallest absolute Gasteiger partial charge is 0.244 e. The second kappa shape index (κ2) is 5.58. The van der Waals surface area contributed by atoms with Crippen molar-refractivity contribution in [2.75, 3.05) is 20.6 Å². The van der Waals surface area contributed by atoms with E-state index in [2.05, 4.69) is 20.5 Å². The Morgan fingerprint density at radius 1 is 1.59 bits per heavy atom. The third kappa shape index (κ3) is 4.36. The molecule has 17 heavy (non-hydrogen) atoms. The highest BCUT2D eigenvalue weighted by Crippen LogP contribution is 2.13. The minimum absolute atomic E-state index is 0.145. The maximum Gasteiger partial charge on any atom is 0.244 e. The number of H-pyrrole nitrogens is 1. The summed E-state index contributed by atoms with van der Waals surface area (Å²) < 4.78 is 0. The molecule has 6 nitrogen and oxygen atoms in total. The first-order valence-electron chi connectivity index (χ1n) is 5.41. The van der Waals surface area contributed by atoms with Gasteiger partial charge in [0.05, 0.1) is 5.54 Å². The lowest BCUT2D eigenvalue weighted by molar-refractivity contribution is -0.118. The number of aromatic nitrogens is 3. The molecular formula is C11H19N5O. The van der Waals surface area contributed by atoms with Gasteiger partial charge in [-0.05, 0) is 27.9 Å². The van der Waals surface area contributed by atoms with Crippen molar-refractivity contribution in [2.24, 2.45) is 0 Å². The van der Waals surface area contributed by atoms with Crippen LogP contribution in [0.5, 0.6) is 0 Å². The predicted molar refractivity (Wildman–Crippen MR) is 65.2 cm³/mol. The summed E-state index contributed by atoms with van der Waals surface area (Å²) in [7, 11) is 3.89. The zero-order valence-corrected chi connectivity index (χ0v) is 10.7. The number of likely N-dealkylation sites (N-methyl/N-ethyl adjacent to an activating group) is 1. The van der Waals surface area contributed by atoms with E-state index in [1.54, 1.807) is 0 Å². The third-order valence-electron chi connectivity index (χ3n) is 2.18. The van der Waals surface area contributed by atoms with E-state index in [0.29, 0.717) is 5.82 Å². The van der Waals surface area contributed by atoms with Gasteiger partial charge in [-0.2, -0.15) is 5.10 Å². The fourth-order valence-electron chi connectivity index (χ4n) is 1.29. The second-order valence-electron chi connectivity index (χ2n) is 4.61. The maximum atomic E-state index is 11.7. The van der Waals surface area contributed by atoms with Gasteiger partial charge in [0.25, 0.3) is 0 Å². The van der Waals surface area contributed by atoms with Crippen LogP contribution < -0.4 is 5.32 Å². The summed E-state index contributed by atoms with van der Waals surface area (Å²) in [6.07, 6.45) is 4.76. The summed E-state index contributed by atoms with van der Waals surface area (Å²) in [6.45, 7) is 4.46. The van der Waals surface area contributed by atoms with Gasteiger partial charge in [-0.1, -0.05) is 6.08 Å². The minimum atomic E-state index is -0.559. The van der Waals surface area contributed by atoms with Crippen LogP contribution in [0.4, 0.5) is 0 Å². The molecule has 0 saturated carbocycles. The number of rotatable bonds is 5. The summed E-state index contributed by atoms with van der Waals surface area (Å²) in [6, 6.07) is 0. The van der Waals surface area contributed by atoms with Gasteiger partial charge in [0.2, 0.25) is 5.91 Å². The lowest BCUT2D eigenvalue weighted by atomic mass is 10.1. The van der Waals surface area contributed by atoms with E-state index in [0.717, 1.165) is 6.54 Å². The fraction of sp³-hybridized carbons (Fsp3) is 0.545. The van der Waals surface area contributed by atoms with Crippen molar-refractivity contribution < 1.29 is 4.79 Å². The average molecular weight is 237 g/mol. The molecule has 0 saturated heterocycles. The molecule has 1 rings (SSSR count). The number of carbonyl (C=O) groups is 1. The molecule has 1 amide bonds. The van der Waals surface area contributed by atoms with Crippen molar-refractivity contribution in [1.82, 2.24) is 25.4 Å². The van der Waals surface area contributed by atoms with Crippen molar-refractivity contribution in [3.63, 3.8) is 0 Å². The maximum absolute atomic E-state index is 11.7. The first-order chi connectivity index (χ1) is 7.92. The molecule has 0 aromatic carbocycles. The number of nitrogens with zero attached hydrogens (tertiary/aromatic N) is 3. The third-order valence-corrected chi connectivity index (χ3v) is 2.18. The number of aromatic amines is 1. The van der Waals surface area contributed by atoms with E-state index >= 15 is 0 Å². The van der Waals surface area contributed by atoms with Gasteiger partial charge < -0.3 is 10.2 Å². The molecule has 0 spiro atoms. The Morgan fingerprint density at radius 2 is 2.29 bits per heavy atom. The van der Waals surface area contributed by atoms with Gasteiger partial charge in [-0.25, -0.2) is 4.98 Å². The largest absolute Gasteiger partial charge is 0.340 e. The van der Waals surface area contributed by atoms with Crippen LogP contribution in [0.25, 0.3) is 0 Å². The Morgan fingerprint density at radius 3 is 2.82 bits per heavy atom. The lowest BCUT2D eigenvalue weighted by Gasteiger charge is -2.22. The van der Waals surface area contributed by atoms with Crippen LogP contribution in [0.3, 0.4) is 0 Å². The molecular weight excluding hydrogens is 218 g/mol. The molecule has 1 aromatic rings. The van der Waals surface area contributed by atoms with Gasteiger partial charge in [0.1, 0.15) is 12.2 Å². The Bertz CT molecular complexity index is 381. The number of carbonyl (C=O) groups excluding carboxylic acids is 1. The SMILES string of the molecule is CN(C)C/C=C/C(=O)NC(C)(C)c1ncn[nH]1. The molecule has 0 aliphatic heterocycles. The molecule has 6 heteroatoms. The van der Waals surface area contributed by atoms with Crippen LogP contribution in [0.15, 0.2) is 18.5 Å². The van der Waals surface area contributed by atoms with Crippen molar-refractivity contribution in [3.8, 4) is 0 Å². The normalized spacial score (nSPS) is 12.3. The summed E-state index contributed by atoms with van der Waals surface area (Å²) >= 11 is 0. The van der Waals surface area contributed by atoms with Gasteiger partial charge in [0.15, 0.2) is 0 Å². The molecule has 0 unspecified atom stereocenters. The van der Waals surface area contributed by atoms with Crippen LogP contribution >= 0.6 is 0 Å². The lowest BCUT2D eigenvalue weighted by Crippen LogP contribution is -2.41. The summed E-state index contributed by atoms with van der Waals surface area (Å²) in [4.78, 5) is 17.7. The van der Waals surface area contributed by atoms with Crippen LogP contribution in [0.2, 0.25) is 0 Å². The van der Waals surface area contributed by atoms with Gasteiger partial charge in [0, 0.05) is 12.6 Å². The Kier molecular flexibility index (Phi) is 4.39. The molecule has 2 N–H and O–H groups in total. The van der Waals surface area contributed by atoms with E-state index in [4.69, 9.17) is 0 Å². The average Bonchev–Trinajstić information content (AvgIpc) is 2.68. The van der Waals surface area contributed by atoms with Crippen molar-refractivity contribution >= 4 is 5.91 Å². The summed E-state index contributed by atoms with van der Waals surface area (Å²) in [5, 5.41) is 9.37. The zero-order valence-electron chi connectivity index (χ0n) is 10.7. The monoisotopic (exact) mass is 237 g/mol. The van der Waals surface area contributed by atoms with Crippen LogP contribution in [-0.4, -0.2) is 46.6 Å². The quantitative estimate of drug-likeness (QED) is 0.721. The highest BCUT2D eigenvalue weighted by molar-refractivity contribution is 5.88. The van der Waals surface area contributed by atoms with Gasteiger partial charge in [-0.3, -0.25) is 9.89 Å². The number of hydrogen-bond acceptors (Lipinski definition) is 4. The Hall–Kier alpha value is -1.69. The molecule has 0 atom stereocenters. The molecule has 0 aliphatic carbocycles. The van der Waals surface area contributed by atoms with E-state index in [-0.39, 0.29) is 5.91 Å². The molecule has 1 aromatic heterocycles. The topological polar surface area (TPSA) is 73.9 Å². The van der Waals surface area contributed by atoms with Crippen LogP contribution in [0.1, 0.15) is 19.7 Å².